The maximum absolute atomic E-state index is 10.9. The molecule has 1 aromatic rings. The fourth-order valence-electron chi connectivity index (χ4n) is 2.40. The first-order valence-electron chi connectivity index (χ1n) is 5.81. The minimum atomic E-state index is -0.907. The average molecular weight is 298 g/mol. The van der Waals surface area contributed by atoms with Gasteiger partial charge < -0.3 is 10.4 Å². The summed E-state index contributed by atoms with van der Waals surface area (Å²) in [6.45, 7) is 2.22. The molecular formula is C13H16BrNO2. The molecule has 1 saturated carbocycles. The highest BCUT2D eigenvalue weighted by Gasteiger charge is 2.28. The first kappa shape index (κ1) is 12.4. The van der Waals surface area contributed by atoms with Crippen LogP contribution in [-0.4, -0.2) is 16.6 Å². The normalized spacial score (nSPS) is 18.0. The summed E-state index contributed by atoms with van der Waals surface area (Å²) in [5.41, 5.74) is 1.43. The molecule has 17 heavy (non-hydrogen) atoms. The van der Waals surface area contributed by atoms with Crippen molar-refractivity contribution in [1.82, 2.24) is 0 Å². The maximum atomic E-state index is 10.9. The van der Waals surface area contributed by atoms with Gasteiger partial charge in [-0.05, 0) is 53.9 Å². The van der Waals surface area contributed by atoms with Crippen molar-refractivity contribution < 1.29 is 9.90 Å². The van der Waals surface area contributed by atoms with E-state index in [0.717, 1.165) is 5.69 Å². The number of carboxylic acids is 1. The second-order valence-corrected chi connectivity index (χ2v) is 5.75. The highest BCUT2D eigenvalue weighted by atomic mass is 79.9. The lowest BCUT2D eigenvalue weighted by molar-refractivity contribution is 0.0696. The number of nitrogens with one attached hydrogen (secondary N) is 1. The van der Waals surface area contributed by atoms with E-state index in [4.69, 9.17) is 5.11 Å². The van der Waals surface area contributed by atoms with E-state index in [1.54, 1.807) is 6.07 Å². The second-order valence-electron chi connectivity index (χ2n) is 4.89. The molecule has 0 aliphatic heterocycles. The van der Waals surface area contributed by atoms with Crippen molar-refractivity contribution >= 4 is 27.6 Å². The molecule has 3 nitrogen and oxygen atoms in total. The predicted octanol–water partition coefficient (Wildman–Crippen LogP) is 3.89. The van der Waals surface area contributed by atoms with E-state index >= 15 is 0 Å². The number of benzene rings is 1. The molecule has 92 valence electrons. The van der Waals surface area contributed by atoms with Gasteiger partial charge in [0.05, 0.1) is 5.56 Å². The predicted molar refractivity (Wildman–Crippen MR) is 71.6 cm³/mol. The van der Waals surface area contributed by atoms with E-state index in [1.165, 1.54) is 25.7 Å². The van der Waals surface area contributed by atoms with Crippen LogP contribution in [0.1, 0.15) is 43.0 Å². The number of halogens is 1. The number of rotatable bonds is 3. The molecule has 0 amide bonds. The molecule has 0 atom stereocenters. The second kappa shape index (κ2) is 4.69. The third kappa shape index (κ3) is 2.80. The average Bonchev–Trinajstić information content (AvgIpc) is 2.64. The summed E-state index contributed by atoms with van der Waals surface area (Å²) in [4.78, 5) is 10.9. The molecule has 2 N–H and O–H groups in total. The number of hydrogen-bond acceptors (Lipinski definition) is 2. The highest BCUT2D eigenvalue weighted by molar-refractivity contribution is 9.10. The minimum absolute atomic E-state index is 0.157. The monoisotopic (exact) mass is 297 g/mol. The Labute approximate surface area is 109 Å². The molecule has 0 bridgehead atoms. The number of hydrogen-bond donors (Lipinski definition) is 2. The van der Waals surface area contributed by atoms with Crippen molar-refractivity contribution in [3.63, 3.8) is 0 Å². The molecule has 0 unspecified atom stereocenters. The summed E-state index contributed by atoms with van der Waals surface area (Å²) in [6.07, 6.45) is 4.87. The van der Waals surface area contributed by atoms with Gasteiger partial charge in [-0.15, -0.1) is 0 Å². The standard InChI is InChI=1S/C13H16BrNO2/c1-13(6-2-3-7-13)15-9-4-5-10(12(16)17)11(14)8-9/h4-5,8,15H,2-3,6-7H2,1H3,(H,16,17). The van der Waals surface area contributed by atoms with Gasteiger partial charge in [-0.1, -0.05) is 12.8 Å². The van der Waals surface area contributed by atoms with Crippen LogP contribution in [0.3, 0.4) is 0 Å². The third-order valence-electron chi connectivity index (χ3n) is 3.35. The molecule has 0 heterocycles. The number of anilines is 1. The van der Waals surface area contributed by atoms with Crippen LogP contribution in [0.25, 0.3) is 0 Å². The zero-order valence-corrected chi connectivity index (χ0v) is 11.4. The number of carbonyl (C=O) groups is 1. The molecule has 0 radical (unpaired) electrons. The molecule has 1 fully saturated rings. The summed E-state index contributed by atoms with van der Waals surface area (Å²) in [6, 6.07) is 5.30. The number of carboxylic acid groups (broad SMARTS) is 1. The van der Waals surface area contributed by atoms with E-state index in [9.17, 15) is 4.79 Å². The maximum Gasteiger partial charge on any atom is 0.336 e. The van der Waals surface area contributed by atoms with Crippen molar-refractivity contribution in [2.24, 2.45) is 0 Å². The van der Waals surface area contributed by atoms with Crippen molar-refractivity contribution in [1.29, 1.82) is 0 Å². The lowest BCUT2D eigenvalue weighted by Crippen LogP contribution is -2.30. The minimum Gasteiger partial charge on any atom is -0.478 e. The molecule has 0 spiro atoms. The van der Waals surface area contributed by atoms with Crippen molar-refractivity contribution in [3.05, 3.63) is 28.2 Å². The smallest absolute Gasteiger partial charge is 0.336 e. The topological polar surface area (TPSA) is 49.3 Å². The van der Waals surface area contributed by atoms with Gasteiger partial charge in [0.25, 0.3) is 0 Å². The zero-order chi connectivity index (χ0) is 12.5. The van der Waals surface area contributed by atoms with Crippen molar-refractivity contribution in [2.75, 3.05) is 5.32 Å². The van der Waals surface area contributed by atoms with Gasteiger partial charge in [-0.3, -0.25) is 0 Å². The Hall–Kier alpha value is -1.03. The van der Waals surface area contributed by atoms with Crippen LogP contribution in [0.2, 0.25) is 0 Å². The van der Waals surface area contributed by atoms with Crippen molar-refractivity contribution in [3.8, 4) is 0 Å². The molecule has 0 saturated heterocycles. The Bertz CT molecular complexity index is 439. The van der Waals surface area contributed by atoms with Crippen LogP contribution in [0.4, 0.5) is 5.69 Å². The fourth-order valence-corrected chi connectivity index (χ4v) is 2.94. The summed E-state index contributed by atoms with van der Waals surface area (Å²) >= 11 is 3.29. The van der Waals surface area contributed by atoms with Gasteiger partial charge in [0.1, 0.15) is 0 Å². The molecule has 2 rings (SSSR count). The lowest BCUT2D eigenvalue weighted by Gasteiger charge is -2.27. The Morgan fingerprint density at radius 3 is 2.59 bits per heavy atom. The van der Waals surface area contributed by atoms with E-state index in [2.05, 4.69) is 28.2 Å². The van der Waals surface area contributed by atoms with Crippen LogP contribution in [0.15, 0.2) is 22.7 Å². The summed E-state index contributed by atoms with van der Waals surface area (Å²) < 4.78 is 0.622. The molecule has 0 aromatic heterocycles. The molecule has 1 aromatic carbocycles. The fraction of sp³-hybridized carbons (Fsp3) is 0.462. The van der Waals surface area contributed by atoms with Crippen LogP contribution in [0.5, 0.6) is 0 Å². The highest BCUT2D eigenvalue weighted by Crippen LogP contribution is 2.33. The van der Waals surface area contributed by atoms with Gasteiger partial charge in [0.15, 0.2) is 0 Å². The van der Waals surface area contributed by atoms with Crippen LogP contribution in [0, 0.1) is 0 Å². The number of aromatic carboxylic acids is 1. The summed E-state index contributed by atoms with van der Waals surface area (Å²) in [5, 5.41) is 12.4. The molecule has 1 aliphatic rings. The Morgan fingerprint density at radius 1 is 1.41 bits per heavy atom. The zero-order valence-electron chi connectivity index (χ0n) is 9.79. The quantitative estimate of drug-likeness (QED) is 0.890. The van der Waals surface area contributed by atoms with E-state index in [-0.39, 0.29) is 5.54 Å². The van der Waals surface area contributed by atoms with Crippen LogP contribution in [-0.2, 0) is 0 Å². The Balaban J connectivity index is 2.17. The Kier molecular flexibility index (Phi) is 3.43. The van der Waals surface area contributed by atoms with Crippen LogP contribution >= 0.6 is 15.9 Å². The van der Waals surface area contributed by atoms with Gasteiger partial charge in [0, 0.05) is 15.7 Å². The van der Waals surface area contributed by atoms with Gasteiger partial charge in [-0.25, -0.2) is 4.79 Å². The molecule has 4 heteroatoms. The summed E-state index contributed by atoms with van der Waals surface area (Å²) in [7, 11) is 0. The van der Waals surface area contributed by atoms with Crippen LogP contribution < -0.4 is 5.32 Å². The largest absolute Gasteiger partial charge is 0.478 e. The first-order chi connectivity index (χ1) is 8.00. The van der Waals surface area contributed by atoms with E-state index in [0.29, 0.717) is 10.0 Å². The SMILES string of the molecule is CC1(Nc2ccc(C(=O)O)c(Br)c2)CCCC1. The van der Waals surface area contributed by atoms with E-state index < -0.39 is 5.97 Å². The lowest BCUT2D eigenvalue weighted by atomic mass is 10.00. The Morgan fingerprint density at radius 2 is 2.06 bits per heavy atom. The third-order valence-corrected chi connectivity index (χ3v) is 4.01. The van der Waals surface area contributed by atoms with Gasteiger partial charge in [0.2, 0.25) is 0 Å². The van der Waals surface area contributed by atoms with Gasteiger partial charge in [-0.2, -0.15) is 0 Å². The van der Waals surface area contributed by atoms with Crippen molar-refractivity contribution in [2.45, 2.75) is 38.1 Å². The van der Waals surface area contributed by atoms with Gasteiger partial charge >= 0.3 is 5.97 Å². The molecular weight excluding hydrogens is 282 g/mol. The summed E-state index contributed by atoms with van der Waals surface area (Å²) in [5.74, 6) is -0.907. The molecule has 1 aliphatic carbocycles. The van der Waals surface area contributed by atoms with E-state index in [1.807, 2.05) is 12.1 Å². The first-order valence-corrected chi connectivity index (χ1v) is 6.60.